The number of rotatable bonds is 6. The predicted octanol–water partition coefficient (Wildman–Crippen LogP) is 4.68. The smallest absolute Gasteiger partial charge is 0.452 e. The van der Waals surface area contributed by atoms with Gasteiger partial charge in [-0.15, -0.1) is 10.2 Å². The zero-order valence-corrected chi connectivity index (χ0v) is 25.6. The van der Waals surface area contributed by atoms with Crippen LogP contribution in [0.5, 0.6) is 5.88 Å². The van der Waals surface area contributed by atoms with Crippen LogP contribution in [-0.4, -0.2) is 69.7 Å². The van der Waals surface area contributed by atoms with Crippen molar-refractivity contribution in [3.8, 4) is 5.88 Å². The molecule has 11 nitrogen and oxygen atoms in total. The quantitative estimate of drug-likeness (QED) is 0.316. The second kappa shape index (κ2) is 12.4. The molecule has 0 bridgehead atoms. The van der Waals surface area contributed by atoms with E-state index < -0.39 is 39.3 Å². The van der Waals surface area contributed by atoms with Gasteiger partial charge in [0.05, 0.1) is 12.0 Å². The van der Waals surface area contributed by atoms with Crippen LogP contribution in [0.4, 0.5) is 13.2 Å². The lowest BCUT2D eigenvalue weighted by Crippen LogP contribution is -2.33. The van der Waals surface area contributed by atoms with Gasteiger partial charge in [-0.1, -0.05) is 18.2 Å². The summed E-state index contributed by atoms with van der Waals surface area (Å²) in [5.41, 5.74) is 0.793. The van der Waals surface area contributed by atoms with Crippen molar-refractivity contribution in [2.75, 3.05) is 26.4 Å². The zero-order valence-electron chi connectivity index (χ0n) is 24.8. The minimum Gasteiger partial charge on any atom is -0.481 e. The molecule has 0 spiro atoms. The van der Waals surface area contributed by atoms with Crippen LogP contribution in [0.15, 0.2) is 59.8 Å². The number of hydrogen-bond donors (Lipinski definition) is 1. The van der Waals surface area contributed by atoms with Gasteiger partial charge in [0.2, 0.25) is 21.7 Å². The SMILES string of the molecule is Cc1ccc(C(c2ccn3c(C(F)(F)F)nnc3c2)C(C)(C)C(=O)O)cc1CN1CCCOCCOc2ncccc2S1(=O)=O. The average Bonchev–Trinajstić information content (AvgIpc) is 3.41. The number of pyridine rings is 2. The minimum atomic E-state index is -4.73. The molecule has 1 N–H and O–H groups in total. The molecule has 3 aromatic heterocycles. The van der Waals surface area contributed by atoms with E-state index in [4.69, 9.17) is 9.47 Å². The maximum atomic E-state index is 13.9. The minimum absolute atomic E-state index is 0.0284. The second-order valence-corrected chi connectivity index (χ2v) is 13.2. The van der Waals surface area contributed by atoms with Crippen LogP contribution >= 0.6 is 0 Å². The van der Waals surface area contributed by atoms with Gasteiger partial charge in [-0.3, -0.25) is 9.20 Å². The Hall–Kier alpha value is -4.08. The molecule has 1 unspecified atom stereocenters. The van der Waals surface area contributed by atoms with Crippen LogP contribution in [-0.2, 0) is 32.3 Å². The molecular formula is C30H32F3N5O6S. The summed E-state index contributed by atoms with van der Waals surface area (Å²) in [7, 11) is -4.09. The van der Waals surface area contributed by atoms with E-state index in [2.05, 4.69) is 15.2 Å². The number of alkyl halides is 3. The van der Waals surface area contributed by atoms with Crippen molar-refractivity contribution in [1.29, 1.82) is 0 Å². The highest BCUT2D eigenvalue weighted by atomic mass is 32.2. The third-order valence-electron chi connectivity index (χ3n) is 7.86. The normalized spacial score (nSPS) is 17.2. The number of benzene rings is 1. The molecule has 1 aliphatic rings. The molecule has 1 atom stereocenters. The molecule has 0 amide bonds. The first kappa shape index (κ1) is 32.3. The number of halogens is 3. The fourth-order valence-corrected chi connectivity index (χ4v) is 6.95. The Morgan fingerprint density at radius 3 is 2.56 bits per heavy atom. The third kappa shape index (κ3) is 6.51. The van der Waals surface area contributed by atoms with Crippen molar-refractivity contribution in [1.82, 2.24) is 23.9 Å². The number of nitrogens with zero attached hydrogens (tertiary/aromatic N) is 5. The molecule has 0 fully saturated rings. The van der Waals surface area contributed by atoms with Crippen molar-refractivity contribution in [3.05, 3.63) is 82.9 Å². The van der Waals surface area contributed by atoms with Gasteiger partial charge in [0.25, 0.3) is 0 Å². The lowest BCUT2D eigenvalue weighted by Gasteiger charge is -2.32. The molecule has 0 radical (unpaired) electrons. The van der Waals surface area contributed by atoms with E-state index in [1.165, 1.54) is 54.8 Å². The highest BCUT2D eigenvalue weighted by Gasteiger charge is 2.41. The summed E-state index contributed by atoms with van der Waals surface area (Å²) in [6.07, 6.45) is -1.70. The first-order valence-corrected chi connectivity index (χ1v) is 15.6. The molecule has 5 rings (SSSR count). The summed E-state index contributed by atoms with van der Waals surface area (Å²) in [5.74, 6) is -3.21. The van der Waals surface area contributed by atoms with Crippen molar-refractivity contribution >= 4 is 21.6 Å². The Morgan fingerprint density at radius 2 is 1.82 bits per heavy atom. The van der Waals surface area contributed by atoms with E-state index in [1.807, 2.05) is 6.92 Å². The topological polar surface area (TPSA) is 136 Å². The third-order valence-corrected chi connectivity index (χ3v) is 9.72. The molecular weight excluding hydrogens is 615 g/mol. The molecule has 0 aliphatic carbocycles. The van der Waals surface area contributed by atoms with Crippen LogP contribution in [0.25, 0.3) is 5.65 Å². The van der Waals surface area contributed by atoms with Crippen molar-refractivity contribution in [2.24, 2.45) is 5.41 Å². The maximum Gasteiger partial charge on any atom is 0.452 e. The van der Waals surface area contributed by atoms with Crippen LogP contribution in [0.3, 0.4) is 0 Å². The van der Waals surface area contributed by atoms with E-state index in [0.29, 0.717) is 29.7 Å². The van der Waals surface area contributed by atoms with Gasteiger partial charge in [-0.05, 0) is 73.7 Å². The number of carboxylic acids is 1. The molecule has 0 saturated carbocycles. The van der Waals surface area contributed by atoms with E-state index in [-0.39, 0.29) is 42.7 Å². The molecule has 4 aromatic rings. The highest BCUT2D eigenvalue weighted by Crippen LogP contribution is 2.42. The number of aliphatic carboxylic acids is 1. The Morgan fingerprint density at radius 1 is 1.07 bits per heavy atom. The van der Waals surface area contributed by atoms with E-state index in [1.54, 1.807) is 18.2 Å². The van der Waals surface area contributed by atoms with E-state index in [9.17, 15) is 31.5 Å². The highest BCUT2D eigenvalue weighted by molar-refractivity contribution is 7.89. The van der Waals surface area contributed by atoms with Crippen molar-refractivity contribution < 1.29 is 41.0 Å². The van der Waals surface area contributed by atoms with Crippen LogP contribution in [0.2, 0.25) is 0 Å². The monoisotopic (exact) mass is 647 g/mol. The van der Waals surface area contributed by atoms with Crippen molar-refractivity contribution in [3.63, 3.8) is 0 Å². The summed E-state index contributed by atoms with van der Waals surface area (Å²) >= 11 is 0. The lowest BCUT2D eigenvalue weighted by atomic mass is 9.71. The van der Waals surface area contributed by atoms with Gasteiger partial charge in [0.15, 0.2) is 5.65 Å². The van der Waals surface area contributed by atoms with Gasteiger partial charge in [-0.25, -0.2) is 13.4 Å². The number of sulfonamides is 1. The summed E-state index contributed by atoms with van der Waals surface area (Å²) in [5, 5.41) is 17.2. The number of aryl methyl sites for hydroxylation is 1. The number of aromatic nitrogens is 4. The zero-order chi connectivity index (χ0) is 32.6. The van der Waals surface area contributed by atoms with Crippen molar-refractivity contribution in [2.45, 2.75) is 50.7 Å². The summed E-state index contributed by atoms with van der Waals surface area (Å²) in [4.78, 5) is 16.6. The second-order valence-electron chi connectivity index (χ2n) is 11.3. The first-order chi connectivity index (χ1) is 21.2. The molecule has 1 aromatic carbocycles. The first-order valence-electron chi connectivity index (χ1n) is 14.1. The van der Waals surface area contributed by atoms with Gasteiger partial charge in [0.1, 0.15) is 11.5 Å². The fourth-order valence-electron chi connectivity index (χ4n) is 5.41. The van der Waals surface area contributed by atoms with Gasteiger partial charge < -0.3 is 14.6 Å². The van der Waals surface area contributed by atoms with Gasteiger partial charge in [0, 0.05) is 38.0 Å². The Kier molecular flexibility index (Phi) is 8.88. The number of hydrogen-bond acceptors (Lipinski definition) is 8. The van der Waals surface area contributed by atoms with Gasteiger partial charge in [-0.2, -0.15) is 17.5 Å². The predicted molar refractivity (Wildman–Crippen MR) is 155 cm³/mol. The Balaban J connectivity index is 1.58. The summed E-state index contributed by atoms with van der Waals surface area (Å²) in [6.45, 7) is 5.68. The molecule has 240 valence electrons. The van der Waals surface area contributed by atoms with Crippen LogP contribution in [0.1, 0.15) is 54.3 Å². The molecule has 1 aliphatic heterocycles. The number of ether oxygens (including phenoxy) is 2. The van der Waals surface area contributed by atoms with E-state index in [0.717, 1.165) is 9.96 Å². The fraction of sp³-hybridized carbons (Fsp3) is 0.400. The Bertz CT molecular complexity index is 1830. The number of carboxylic acid groups (broad SMARTS) is 1. The largest absolute Gasteiger partial charge is 0.481 e. The average molecular weight is 648 g/mol. The number of carbonyl (C=O) groups is 1. The molecule has 0 saturated heterocycles. The summed E-state index contributed by atoms with van der Waals surface area (Å²) < 4.78 is 81.5. The maximum absolute atomic E-state index is 13.9. The number of fused-ring (bicyclic) bond motifs is 2. The van der Waals surface area contributed by atoms with Crippen LogP contribution < -0.4 is 4.74 Å². The van der Waals surface area contributed by atoms with Gasteiger partial charge >= 0.3 is 12.1 Å². The molecule has 45 heavy (non-hydrogen) atoms. The van der Waals surface area contributed by atoms with Crippen LogP contribution in [0, 0.1) is 12.3 Å². The lowest BCUT2D eigenvalue weighted by molar-refractivity contribution is -0.147. The van der Waals surface area contributed by atoms with E-state index >= 15 is 0 Å². The Labute approximate surface area is 257 Å². The molecule has 4 heterocycles. The standard InChI is InChI=1S/C30H32F3N5O6S/c1-19-7-8-20(25(29(2,3)28(39)40)21-9-12-38-24(17-21)35-36-27(38)30(31,32)33)16-22(19)18-37-11-5-13-43-14-15-44-26-23(45(37,41)42)6-4-10-34-26/h4,6-10,12,16-17,25H,5,11,13-15,18H2,1-3H3,(H,39,40). The summed E-state index contributed by atoms with van der Waals surface area (Å²) in [6, 6.07) is 11.0. The molecule has 15 heteroatoms.